The third-order valence-corrected chi connectivity index (χ3v) is 3.62. The molecule has 2 rings (SSSR count). The van der Waals surface area contributed by atoms with E-state index in [2.05, 4.69) is 51.1 Å². The number of benzene rings is 1. The minimum Gasteiger partial charge on any atom is -0.0626 e. The van der Waals surface area contributed by atoms with Gasteiger partial charge < -0.3 is 0 Å². The maximum absolute atomic E-state index is 2.28. The van der Waals surface area contributed by atoms with Gasteiger partial charge in [-0.25, -0.2) is 0 Å². The van der Waals surface area contributed by atoms with Crippen LogP contribution in [0.4, 0.5) is 0 Å². The van der Waals surface area contributed by atoms with Crippen LogP contribution in [0, 0.1) is 0 Å². The molecule has 0 heteroatoms. The van der Waals surface area contributed by atoms with Crippen LogP contribution in [0.5, 0.6) is 0 Å². The normalized spacial score (nSPS) is 16.2. The fourth-order valence-electron chi connectivity index (χ4n) is 2.71. The lowest BCUT2D eigenvalue weighted by atomic mass is 10.00. The van der Waals surface area contributed by atoms with Crippen molar-refractivity contribution in [3.63, 3.8) is 0 Å². The van der Waals surface area contributed by atoms with E-state index >= 15 is 0 Å². The molecule has 0 saturated heterocycles. The van der Waals surface area contributed by atoms with E-state index in [1.54, 1.807) is 11.1 Å². The van der Waals surface area contributed by atoms with E-state index < -0.39 is 0 Å². The number of hydrogen-bond donors (Lipinski definition) is 0. The number of rotatable bonds is 3. The van der Waals surface area contributed by atoms with Crippen molar-refractivity contribution in [3.8, 4) is 0 Å². The van der Waals surface area contributed by atoms with Gasteiger partial charge in [-0.3, -0.25) is 0 Å². The van der Waals surface area contributed by atoms with Crippen LogP contribution in [0.15, 0.2) is 47.1 Å². The molecule has 0 aliphatic heterocycles. The number of allylic oxidation sites excluding steroid dienone is 4. The molecule has 0 fully saturated rings. The lowest BCUT2D eigenvalue weighted by molar-refractivity contribution is 0.992. The van der Waals surface area contributed by atoms with Gasteiger partial charge in [0.15, 0.2) is 0 Å². The molecule has 0 N–H and O–H groups in total. The number of hydrogen-bond acceptors (Lipinski definition) is 0. The smallest absolute Gasteiger partial charge is 0.00526 e. The third-order valence-electron chi connectivity index (χ3n) is 3.62. The first-order valence-corrected chi connectivity index (χ1v) is 6.24. The Morgan fingerprint density at radius 3 is 2.19 bits per heavy atom. The van der Waals surface area contributed by atoms with Gasteiger partial charge in [0.1, 0.15) is 0 Å². The Morgan fingerprint density at radius 1 is 1.00 bits per heavy atom. The van der Waals surface area contributed by atoms with Gasteiger partial charge >= 0.3 is 0 Å². The van der Waals surface area contributed by atoms with E-state index in [0.717, 1.165) is 6.42 Å². The van der Waals surface area contributed by atoms with Crippen molar-refractivity contribution in [1.82, 2.24) is 0 Å². The summed E-state index contributed by atoms with van der Waals surface area (Å²) in [4.78, 5) is 0. The molecular formula is C16H20. The highest BCUT2D eigenvalue weighted by Gasteiger charge is 2.19. The molecule has 16 heavy (non-hydrogen) atoms. The molecule has 0 saturated carbocycles. The molecule has 0 atom stereocenters. The second kappa shape index (κ2) is 4.69. The van der Waals surface area contributed by atoms with Crippen LogP contribution in [0.1, 0.15) is 45.6 Å². The summed E-state index contributed by atoms with van der Waals surface area (Å²) in [5.74, 6) is 0. The average molecular weight is 212 g/mol. The van der Waals surface area contributed by atoms with Crippen LogP contribution in [-0.4, -0.2) is 0 Å². The van der Waals surface area contributed by atoms with Crippen LogP contribution in [0.2, 0.25) is 0 Å². The van der Waals surface area contributed by atoms with Gasteiger partial charge in [0.25, 0.3) is 0 Å². The molecule has 0 nitrogen and oxygen atoms in total. The van der Waals surface area contributed by atoms with Crippen LogP contribution in [0.25, 0.3) is 5.57 Å². The Kier molecular flexibility index (Phi) is 3.28. The van der Waals surface area contributed by atoms with Crippen LogP contribution in [0.3, 0.4) is 0 Å². The predicted octanol–water partition coefficient (Wildman–Crippen LogP) is 4.98. The first-order valence-electron chi connectivity index (χ1n) is 6.24. The van der Waals surface area contributed by atoms with Crippen molar-refractivity contribution >= 4 is 5.57 Å². The van der Waals surface area contributed by atoms with Gasteiger partial charge in [-0.2, -0.15) is 0 Å². The van der Waals surface area contributed by atoms with E-state index in [1.807, 2.05) is 0 Å². The summed E-state index contributed by atoms with van der Waals surface area (Å²) in [6.07, 6.45) is 3.53. The summed E-state index contributed by atoms with van der Waals surface area (Å²) in [7, 11) is 0. The fraction of sp³-hybridized carbons (Fsp3) is 0.375. The van der Waals surface area contributed by atoms with Crippen LogP contribution < -0.4 is 0 Å². The second-order valence-corrected chi connectivity index (χ2v) is 4.44. The summed E-state index contributed by atoms with van der Waals surface area (Å²) < 4.78 is 0. The maximum atomic E-state index is 2.28. The first-order chi connectivity index (χ1) is 7.77. The molecule has 1 aliphatic carbocycles. The SMILES string of the molecule is CCC1=C(CC)C(C)=C(c2ccccc2)C1. The molecule has 1 aliphatic rings. The Labute approximate surface area is 98.7 Å². The summed E-state index contributed by atoms with van der Waals surface area (Å²) >= 11 is 0. The molecular weight excluding hydrogens is 192 g/mol. The highest BCUT2D eigenvalue weighted by Crippen LogP contribution is 2.40. The fourth-order valence-corrected chi connectivity index (χ4v) is 2.71. The van der Waals surface area contributed by atoms with Gasteiger partial charge in [-0.15, -0.1) is 0 Å². The van der Waals surface area contributed by atoms with Crippen molar-refractivity contribution in [1.29, 1.82) is 0 Å². The Bertz CT molecular complexity index is 432. The molecule has 1 aromatic carbocycles. The van der Waals surface area contributed by atoms with Crippen molar-refractivity contribution in [2.24, 2.45) is 0 Å². The molecule has 0 amide bonds. The summed E-state index contributed by atoms with van der Waals surface area (Å²) in [5, 5.41) is 0. The predicted molar refractivity (Wildman–Crippen MR) is 71.3 cm³/mol. The summed E-state index contributed by atoms with van der Waals surface area (Å²) in [6, 6.07) is 10.8. The van der Waals surface area contributed by atoms with Crippen LogP contribution in [-0.2, 0) is 0 Å². The lowest BCUT2D eigenvalue weighted by Crippen LogP contribution is -1.84. The van der Waals surface area contributed by atoms with E-state index in [9.17, 15) is 0 Å². The zero-order chi connectivity index (χ0) is 11.5. The maximum Gasteiger partial charge on any atom is -0.00526 e. The Hall–Kier alpha value is -1.30. The zero-order valence-electron chi connectivity index (χ0n) is 10.5. The van der Waals surface area contributed by atoms with Gasteiger partial charge in [0, 0.05) is 0 Å². The lowest BCUT2D eigenvalue weighted by Gasteiger charge is -2.05. The topological polar surface area (TPSA) is 0 Å². The molecule has 0 aromatic heterocycles. The summed E-state index contributed by atoms with van der Waals surface area (Å²) in [6.45, 7) is 6.82. The molecule has 0 radical (unpaired) electrons. The third kappa shape index (κ3) is 1.84. The molecule has 0 unspecified atom stereocenters. The highest BCUT2D eigenvalue weighted by molar-refractivity contribution is 5.78. The van der Waals surface area contributed by atoms with E-state index in [-0.39, 0.29) is 0 Å². The molecule has 0 bridgehead atoms. The van der Waals surface area contributed by atoms with E-state index in [4.69, 9.17) is 0 Å². The van der Waals surface area contributed by atoms with Gasteiger partial charge in [-0.05, 0) is 48.5 Å². The molecule has 1 aromatic rings. The molecule has 0 spiro atoms. The standard InChI is InChI=1S/C16H20/c1-4-13-11-16(12(3)15(13)5-2)14-9-7-6-8-10-14/h6-10H,4-5,11H2,1-3H3. The highest BCUT2D eigenvalue weighted by atomic mass is 14.2. The van der Waals surface area contributed by atoms with Crippen LogP contribution >= 0.6 is 0 Å². The quantitative estimate of drug-likeness (QED) is 0.662. The second-order valence-electron chi connectivity index (χ2n) is 4.44. The van der Waals surface area contributed by atoms with Gasteiger partial charge in [0.05, 0.1) is 0 Å². The van der Waals surface area contributed by atoms with Crippen molar-refractivity contribution in [2.75, 3.05) is 0 Å². The Morgan fingerprint density at radius 2 is 1.69 bits per heavy atom. The van der Waals surface area contributed by atoms with Crippen molar-refractivity contribution < 1.29 is 0 Å². The molecule has 84 valence electrons. The van der Waals surface area contributed by atoms with E-state index in [0.29, 0.717) is 0 Å². The van der Waals surface area contributed by atoms with E-state index in [1.165, 1.54) is 29.6 Å². The minimum atomic E-state index is 1.16. The summed E-state index contributed by atoms with van der Waals surface area (Å²) in [5.41, 5.74) is 7.69. The largest absolute Gasteiger partial charge is 0.0626 e. The molecule has 0 heterocycles. The van der Waals surface area contributed by atoms with Crippen molar-refractivity contribution in [3.05, 3.63) is 52.6 Å². The van der Waals surface area contributed by atoms with Gasteiger partial charge in [-0.1, -0.05) is 49.8 Å². The zero-order valence-corrected chi connectivity index (χ0v) is 10.5. The first kappa shape index (κ1) is 11.2. The van der Waals surface area contributed by atoms with Crippen molar-refractivity contribution in [2.45, 2.75) is 40.0 Å². The minimum absolute atomic E-state index is 1.16. The average Bonchev–Trinajstić information content (AvgIpc) is 2.66. The Balaban J connectivity index is 2.38. The monoisotopic (exact) mass is 212 g/mol. The van der Waals surface area contributed by atoms with Gasteiger partial charge in [0.2, 0.25) is 0 Å².